The van der Waals surface area contributed by atoms with Crippen LogP contribution in [-0.4, -0.2) is 5.11 Å². The van der Waals surface area contributed by atoms with E-state index in [1.165, 1.54) is 0 Å². The molecular formula is C6H8BrNO. The van der Waals surface area contributed by atoms with Gasteiger partial charge in [-0.3, -0.25) is 0 Å². The van der Waals surface area contributed by atoms with E-state index in [2.05, 4.69) is 0 Å². The Morgan fingerprint density at radius 2 is 2.11 bits per heavy atom. The zero-order valence-corrected chi connectivity index (χ0v) is 6.67. The van der Waals surface area contributed by atoms with Crippen LogP contribution in [0.25, 0.3) is 0 Å². The number of halogens is 1. The molecule has 1 heterocycles. The average Bonchev–Trinajstić information content (AvgIpc) is 1.77. The van der Waals surface area contributed by atoms with Crippen LogP contribution in [0.15, 0.2) is 24.4 Å². The maximum absolute atomic E-state index is 8.88. The van der Waals surface area contributed by atoms with Crippen LogP contribution in [0.3, 0.4) is 0 Å². The molecule has 0 atom stereocenters. The fraction of sp³-hybridized carbons (Fsp3) is 0.167. The highest BCUT2D eigenvalue weighted by Crippen LogP contribution is 1.93. The third-order valence-corrected chi connectivity index (χ3v) is 1.03. The van der Waals surface area contributed by atoms with Crippen molar-refractivity contribution >= 4 is 0 Å². The van der Waals surface area contributed by atoms with E-state index in [1.54, 1.807) is 29.9 Å². The molecule has 2 nitrogen and oxygen atoms in total. The fourth-order valence-electron chi connectivity index (χ4n) is 0.514. The van der Waals surface area contributed by atoms with Gasteiger partial charge in [0.25, 0.3) is 0 Å². The smallest absolute Gasteiger partial charge is 0.365 e. The molecule has 1 aromatic heterocycles. The first-order chi connectivity index (χ1) is 3.80. The minimum absolute atomic E-state index is 0. The number of hydrogen-bond acceptors (Lipinski definition) is 1. The lowest BCUT2D eigenvalue weighted by Crippen LogP contribution is -3.00. The molecular weight excluding hydrogens is 182 g/mol. The molecule has 0 fully saturated rings. The van der Waals surface area contributed by atoms with Gasteiger partial charge >= 0.3 is 5.88 Å². The molecule has 1 rings (SSSR count). The van der Waals surface area contributed by atoms with Crippen LogP contribution in [0.5, 0.6) is 5.88 Å². The first-order valence-corrected chi connectivity index (χ1v) is 2.44. The van der Waals surface area contributed by atoms with Gasteiger partial charge in [0.05, 0.1) is 6.07 Å². The third-order valence-electron chi connectivity index (χ3n) is 1.03. The quantitative estimate of drug-likeness (QED) is 0.440. The Hall–Kier alpha value is -0.570. The molecule has 50 valence electrons. The van der Waals surface area contributed by atoms with Gasteiger partial charge in [-0.1, -0.05) is 0 Å². The maximum atomic E-state index is 8.88. The molecule has 9 heavy (non-hydrogen) atoms. The minimum atomic E-state index is 0. The van der Waals surface area contributed by atoms with Gasteiger partial charge < -0.3 is 22.1 Å². The summed E-state index contributed by atoms with van der Waals surface area (Å²) in [6.45, 7) is 0. The summed E-state index contributed by atoms with van der Waals surface area (Å²) in [5.41, 5.74) is 0. The van der Waals surface area contributed by atoms with E-state index < -0.39 is 0 Å². The van der Waals surface area contributed by atoms with Crippen molar-refractivity contribution in [3.8, 4) is 5.88 Å². The highest BCUT2D eigenvalue weighted by atomic mass is 79.9. The maximum Gasteiger partial charge on any atom is 0.365 e. The molecule has 1 aromatic rings. The predicted octanol–water partition coefficient (Wildman–Crippen LogP) is -2.78. The number of nitrogens with zero attached hydrogens (tertiary/aromatic N) is 1. The van der Waals surface area contributed by atoms with Gasteiger partial charge in [0.15, 0.2) is 6.20 Å². The summed E-state index contributed by atoms with van der Waals surface area (Å²) in [4.78, 5) is 0. The normalized spacial score (nSPS) is 8.11. The average molecular weight is 190 g/mol. The van der Waals surface area contributed by atoms with Gasteiger partial charge in [0.2, 0.25) is 0 Å². The van der Waals surface area contributed by atoms with Gasteiger partial charge in [-0.15, -0.1) is 0 Å². The Morgan fingerprint density at radius 1 is 1.44 bits per heavy atom. The lowest BCUT2D eigenvalue weighted by molar-refractivity contribution is -0.677. The van der Waals surface area contributed by atoms with E-state index in [-0.39, 0.29) is 22.9 Å². The Morgan fingerprint density at radius 3 is 2.44 bits per heavy atom. The largest absolute Gasteiger partial charge is 1.00 e. The number of aromatic hydroxyl groups is 1. The molecule has 0 aliphatic heterocycles. The van der Waals surface area contributed by atoms with Crippen LogP contribution in [0.4, 0.5) is 0 Å². The summed E-state index contributed by atoms with van der Waals surface area (Å²) in [6, 6.07) is 5.29. The SMILES string of the molecule is C[n+]1ccccc1O.[Br-]. The standard InChI is InChI=1S/C6H7NO.BrH/c1-7-5-3-2-4-6(7)8;/h2-5H,1H3;1H. The van der Waals surface area contributed by atoms with Crippen LogP contribution in [-0.2, 0) is 7.05 Å². The van der Waals surface area contributed by atoms with Crippen molar-refractivity contribution in [3.05, 3.63) is 24.4 Å². The number of aromatic nitrogens is 1. The van der Waals surface area contributed by atoms with E-state index in [4.69, 9.17) is 5.11 Å². The minimum Gasteiger partial charge on any atom is -1.00 e. The molecule has 0 radical (unpaired) electrons. The topological polar surface area (TPSA) is 24.1 Å². The van der Waals surface area contributed by atoms with E-state index in [0.29, 0.717) is 0 Å². The van der Waals surface area contributed by atoms with Gasteiger partial charge in [0.1, 0.15) is 7.05 Å². The predicted molar refractivity (Wildman–Crippen MR) is 29.3 cm³/mol. The van der Waals surface area contributed by atoms with Crippen molar-refractivity contribution in [2.45, 2.75) is 0 Å². The molecule has 0 amide bonds. The van der Waals surface area contributed by atoms with Gasteiger partial charge in [-0.2, -0.15) is 4.57 Å². The second-order valence-electron chi connectivity index (χ2n) is 1.67. The fourth-order valence-corrected chi connectivity index (χ4v) is 0.514. The van der Waals surface area contributed by atoms with Crippen LogP contribution in [0, 0.1) is 0 Å². The molecule has 0 saturated carbocycles. The van der Waals surface area contributed by atoms with E-state index in [9.17, 15) is 0 Å². The molecule has 0 spiro atoms. The van der Waals surface area contributed by atoms with Gasteiger partial charge in [-0.25, -0.2) is 0 Å². The Kier molecular flexibility index (Phi) is 3.24. The third kappa shape index (κ3) is 2.01. The lowest BCUT2D eigenvalue weighted by Gasteiger charge is -1.85. The molecule has 0 aliphatic rings. The van der Waals surface area contributed by atoms with Crippen molar-refractivity contribution in [3.63, 3.8) is 0 Å². The second kappa shape index (κ2) is 3.45. The van der Waals surface area contributed by atoms with Crippen molar-refractivity contribution in [2.24, 2.45) is 7.05 Å². The Balaban J connectivity index is 0.000000640. The molecule has 0 bridgehead atoms. The van der Waals surface area contributed by atoms with Gasteiger partial charge in [0, 0.05) is 6.07 Å². The number of rotatable bonds is 0. The van der Waals surface area contributed by atoms with E-state index >= 15 is 0 Å². The molecule has 0 aromatic carbocycles. The van der Waals surface area contributed by atoms with Crippen molar-refractivity contribution in [1.82, 2.24) is 0 Å². The molecule has 3 heteroatoms. The number of hydrogen-bond donors (Lipinski definition) is 1. The zero-order valence-electron chi connectivity index (χ0n) is 5.08. The summed E-state index contributed by atoms with van der Waals surface area (Å²) < 4.78 is 1.64. The monoisotopic (exact) mass is 189 g/mol. The number of pyridine rings is 1. The zero-order chi connectivity index (χ0) is 5.98. The van der Waals surface area contributed by atoms with Crippen molar-refractivity contribution < 1.29 is 26.7 Å². The molecule has 1 N–H and O–H groups in total. The Labute approximate surface area is 64.5 Å². The van der Waals surface area contributed by atoms with Crippen LogP contribution in [0.1, 0.15) is 0 Å². The van der Waals surface area contributed by atoms with Crippen LogP contribution in [0.2, 0.25) is 0 Å². The highest BCUT2D eigenvalue weighted by molar-refractivity contribution is 4.99. The molecule has 0 unspecified atom stereocenters. The van der Waals surface area contributed by atoms with Gasteiger partial charge in [-0.05, 0) is 6.07 Å². The summed E-state index contributed by atoms with van der Waals surface area (Å²) in [6.07, 6.45) is 1.79. The van der Waals surface area contributed by atoms with Crippen LogP contribution >= 0.6 is 0 Å². The lowest BCUT2D eigenvalue weighted by atomic mass is 10.5. The summed E-state index contributed by atoms with van der Waals surface area (Å²) in [7, 11) is 1.79. The first kappa shape index (κ1) is 8.43. The van der Waals surface area contributed by atoms with E-state index in [0.717, 1.165) is 0 Å². The molecule has 0 saturated heterocycles. The summed E-state index contributed by atoms with van der Waals surface area (Å²) in [5, 5.41) is 8.88. The van der Waals surface area contributed by atoms with Crippen molar-refractivity contribution in [1.29, 1.82) is 0 Å². The van der Waals surface area contributed by atoms with E-state index in [1.807, 2.05) is 6.07 Å². The highest BCUT2D eigenvalue weighted by Gasteiger charge is 1.95. The summed E-state index contributed by atoms with van der Waals surface area (Å²) >= 11 is 0. The second-order valence-corrected chi connectivity index (χ2v) is 1.67. The Bertz CT molecular complexity index is 169. The van der Waals surface area contributed by atoms with Crippen LogP contribution < -0.4 is 21.5 Å². The first-order valence-electron chi connectivity index (χ1n) is 2.44. The summed E-state index contributed by atoms with van der Waals surface area (Å²) in [5.74, 6) is 0.285. The number of aryl methyl sites for hydroxylation is 1. The van der Waals surface area contributed by atoms with Crippen molar-refractivity contribution in [2.75, 3.05) is 0 Å². The molecule has 0 aliphatic carbocycles.